The molecule has 1 N–H and O–H groups in total. The molecule has 0 aliphatic rings. The zero-order valence-corrected chi connectivity index (χ0v) is 12.7. The number of nitrogens with one attached hydrogen (secondary N) is 1. The summed E-state index contributed by atoms with van der Waals surface area (Å²) in [6.45, 7) is 5.97. The van der Waals surface area contributed by atoms with Crippen LogP contribution in [0, 0.1) is 5.92 Å². The highest BCUT2D eigenvalue weighted by atomic mass is 15.3. The summed E-state index contributed by atoms with van der Waals surface area (Å²) in [6, 6.07) is 3.87. The highest BCUT2D eigenvalue weighted by molar-refractivity contribution is 5.56. The Morgan fingerprint density at radius 1 is 1.27 bits per heavy atom. The van der Waals surface area contributed by atoms with E-state index in [2.05, 4.69) is 45.5 Å². The normalized spacial score (nSPS) is 11.0. The molecule has 0 fully saturated rings. The third-order valence-corrected chi connectivity index (χ3v) is 3.14. The van der Waals surface area contributed by atoms with E-state index in [4.69, 9.17) is 0 Å². The summed E-state index contributed by atoms with van der Waals surface area (Å²) < 4.78 is 3.62. The van der Waals surface area contributed by atoms with Gasteiger partial charge in [0.1, 0.15) is 12.7 Å². The first kappa shape index (κ1) is 14.2. The number of rotatable bonds is 6. The highest BCUT2D eigenvalue weighted by Crippen LogP contribution is 2.16. The third-order valence-electron chi connectivity index (χ3n) is 3.14. The maximum absolute atomic E-state index is 4.37. The summed E-state index contributed by atoms with van der Waals surface area (Å²) in [4.78, 5) is 8.31. The molecule has 3 rings (SSSR count). The first-order chi connectivity index (χ1) is 10.7. The molecule has 0 radical (unpaired) electrons. The maximum Gasteiger partial charge on any atom is 0.178 e. The summed E-state index contributed by atoms with van der Waals surface area (Å²) in [5.41, 5.74) is 2.04. The molecule has 7 nitrogen and oxygen atoms in total. The molecular formula is C15H19N7. The van der Waals surface area contributed by atoms with Gasteiger partial charge in [-0.1, -0.05) is 13.8 Å². The minimum atomic E-state index is 0.581. The lowest BCUT2D eigenvalue weighted by Gasteiger charge is -2.09. The molecule has 0 bridgehead atoms. The fraction of sp³-hybridized carbons (Fsp3) is 0.333. The van der Waals surface area contributed by atoms with Crippen LogP contribution in [0.5, 0.6) is 0 Å². The molecule has 0 saturated heterocycles. The van der Waals surface area contributed by atoms with Crippen molar-refractivity contribution in [1.29, 1.82) is 0 Å². The lowest BCUT2D eigenvalue weighted by molar-refractivity contribution is 0.483. The molecule has 0 atom stereocenters. The van der Waals surface area contributed by atoms with Gasteiger partial charge in [0.25, 0.3) is 0 Å². The number of aromatic nitrogens is 6. The fourth-order valence-corrected chi connectivity index (χ4v) is 2.20. The Kier molecular flexibility index (Phi) is 4.13. The Bertz CT molecular complexity index is 715. The van der Waals surface area contributed by atoms with E-state index in [1.54, 1.807) is 17.2 Å². The van der Waals surface area contributed by atoms with Crippen LogP contribution < -0.4 is 5.32 Å². The molecule has 0 saturated carbocycles. The number of hydrogen-bond donors (Lipinski definition) is 1. The van der Waals surface area contributed by atoms with E-state index in [0.717, 1.165) is 23.6 Å². The van der Waals surface area contributed by atoms with Crippen molar-refractivity contribution in [2.75, 3.05) is 5.32 Å². The second-order valence-corrected chi connectivity index (χ2v) is 5.53. The summed E-state index contributed by atoms with van der Waals surface area (Å²) in [5, 5.41) is 11.9. The second kappa shape index (κ2) is 6.38. The van der Waals surface area contributed by atoms with Gasteiger partial charge >= 0.3 is 0 Å². The van der Waals surface area contributed by atoms with Crippen molar-refractivity contribution in [3.63, 3.8) is 0 Å². The maximum atomic E-state index is 4.37. The van der Waals surface area contributed by atoms with Gasteiger partial charge in [-0.05, 0) is 18.1 Å². The van der Waals surface area contributed by atoms with Crippen LogP contribution in [0.4, 0.5) is 5.69 Å². The Morgan fingerprint density at radius 2 is 2.18 bits per heavy atom. The van der Waals surface area contributed by atoms with Gasteiger partial charge < -0.3 is 5.32 Å². The lowest BCUT2D eigenvalue weighted by Crippen LogP contribution is -2.06. The van der Waals surface area contributed by atoms with E-state index in [1.165, 1.54) is 6.33 Å². The van der Waals surface area contributed by atoms with Crippen LogP contribution in [0.3, 0.4) is 0 Å². The van der Waals surface area contributed by atoms with Crippen molar-refractivity contribution in [1.82, 2.24) is 29.5 Å². The molecule has 3 aromatic rings. The van der Waals surface area contributed by atoms with E-state index in [9.17, 15) is 0 Å². The van der Waals surface area contributed by atoms with Crippen molar-refractivity contribution in [3.8, 4) is 5.82 Å². The van der Waals surface area contributed by atoms with E-state index in [1.807, 2.05) is 23.0 Å². The molecule has 0 unspecified atom stereocenters. The van der Waals surface area contributed by atoms with Crippen molar-refractivity contribution in [2.45, 2.75) is 26.9 Å². The quantitative estimate of drug-likeness (QED) is 0.754. The van der Waals surface area contributed by atoms with Gasteiger partial charge in [-0.15, -0.1) is 0 Å². The first-order valence-corrected chi connectivity index (χ1v) is 7.27. The largest absolute Gasteiger partial charge is 0.378 e. The molecule has 0 aromatic carbocycles. The SMILES string of the molecule is CC(C)Cn1cc(CNc2cccnc2-n2cncn2)cn1. The van der Waals surface area contributed by atoms with E-state index in [0.29, 0.717) is 12.5 Å². The zero-order valence-electron chi connectivity index (χ0n) is 12.7. The third kappa shape index (κ3) is 3.30. The number of anilines is 1. The predicted molar refractivity (Wildman–Crippen MR) is 83.5 cm³/mol. The average Bonchev–Trinajstić information content (AvgIpc) is 3.16. The molecule has 22 heavy (non-hydrogen) atoms. The van der Waals surface area contributed by atoms with Crippen molar-refractivity contribution in [3.05, 3.63) is 48.9 Å². The topological polar surface area (TPSA) is 73.5 Å². The first-order valence-electron chi connectivity index (χ1n) is 7.27. The van der Waals surface area contributed by atoms with Gasteiger partial charge in [-0.3, -0.25) is 4.68 Å². The predicted octanol–water partition coefficient (Wildman–Crippen LogP) is 2.13. The summed E-state index contributed by atoms with van der Waals surface area (Å²) in [6.07, 6.45) is 8.82. The van der Waals surface area contributed by atoms with Gasteiger partial charge in [-0.2, -0.15) is 10.2 Å². The van der Waals surface area contributed by atoms with Crippen LogP contribution in [0.1, 0.15) is 19.4 Å². The minimum Gasteiger partial charge on any atom is -0.378 e. The van der Waals surface area contributed by atoms with Crippen LogP contribution in [0.25, 0.3) is 5.82 Å². The zero-order chi connectivity index (χ0) is 15.4. The van der Waals surface area contributed by atoms with Gasteiger partial charge in [0.2, 0.25) is 0 Å². The number of nitrogens with zero attached hydrogens (tertiary/aromatic N) is 6. The molecule has 0 amide bonds. The van der Waals surface area contributed by atoms with E-state index in [-0.39, 0.29) is 0 Å². The van der Waals surface area contributed by atoms with Crippen molar-refractivity contribution in [2.24, 2.45) is 5.92 Å². The Labute approximate surface area is 129 Å². The number of hydrogen-bond acceptors (Lipinski definition) is 5. The van der Waals surface area contributed by atoms with Crippen LogP contribution in [0.15, 0.2) is 43.4 Å². The smallest absolute Gasteiger partial charge is 0.178 e. The molecular weight excluding hydrogens is 278 g/mol. The summed E-state index contributed by atoms with van der Waals surface area (Å²) in [5.74, 6) is 1.31. The minimum absolute atomic E-state index is 0.581. The summed E-state index contributed by atoms with van der Waals surface area (Å²) >= 11 is 0. The van der Waals surface area contributed by atoms with E-state index >= 15 is 0 Å². The molecule has 3 heterocycles. The molecule has 114 valence electrons. The lowest BCUT2D eigenvalue weighted by atomic mass is 10.2. The Balaban J connectivity index is 1.71. The molecule has 0 aliphatic heterocycles. The average molecular weight is 297 g/mol. The molecule has 0 spiro atoms. The van der Waals surface area contributed by atoms with Gasteiger partial charge in [-0.25, -0.2) is 14.6 Å². The van der Waals surface area contributed by atoms with E-state index < -0.39 is 0 Å². The van der Waals surface area contributed by atoms with Crippen LogP contribution >= 0.6 is 0 Å². The van der Waals surface area contributed by atoms with Gasteiger partial charge in [0, 0.05) is 31.0 Å². The highest BCUT2D eigenvalue weighted by Gasteiger charge is 2.07. The summed E-state index contributed by atoms with van der Waals surface area (Å²) in [7, 11) is 0. The standard InChI is InChI=1S/C15H19N7/c1-12(2)8-21-9-13(7-19-21)6-18-14-4-3-5-17-15(14)22-11-16-10-20-22/h3-5,7,9-12,18H,6,8H2,1-2H3. The van der Waals surface area contributed by atoms with Crippen molar-refractivity contribution >= 4 is 5.69 Å². The van der Waals surface area contributed by atoms with Crippen LogP contribution in [0.2, 0.25) is 0 Å². The Hall–Kier alpha value is -2.70. The van der Waals surface area contributed by atoms with Crippen molar-refractivity contribution < 1.29 is 0 Å². The molecule has 0 aliphatic carbocycles. The second-order valence-electron chi connectivity index (χ2n) is 5.53. The monoisotopic (exact) mass is 297 g/mol. The molecule has 7 heteroatoms. The fourth-order valence-electron chi connectivity index (χ4n) is 2.20. The van der Waals surface area contributed by atoms with Gasteiger partial charge in [0.05, 0.1) is 11.9 Å². The molecule has 3 aromatic heterocycles. The number of pyridine rings is 1. The van der Waals surface area contributed by atoms with Crippen LogP contribution in [-0.2, 0) is 13.1 Å². The van der Waals surface area contributed by atoms with Crippen LogP contribution in [-0.4, -0.2) is 29.5 Å². The Morgan fingerprint density at radius 3 is 2.95 bits per heavy atom. The van der Waals surface area contributed by atoms with Gasteiger partial charge in [0.15, 0.2) is 5.82 Å².